The predicted molar refractivity (Wildman–Crippen MR) is 75.6 cm³/mol. The first-order chi connectivity index (χ1) is 9.08. The molecule has 0 fully saturated rings. The summed E-state index contributed by atoms with van der Waals surface area (Å²) in [5.41, 5.74) is 2.66. The number of ketones is 1. The van der Waals surface area contributed by atoms with Gasteiger partial charge in [0.05, 0.1) is 5.69 Å². The highest BCUT2D eigenvalue weighted by Gasteiger charge is 2.10. The van der Waals surface area contributed by atoms with E-state index in [1.807, 2.05) is 25.1 Å². The molecule has 0 saturated carbocycles. The average molecular weight is 253 g/mol. The maximum Gasteiger partial charge on any atom is 0.255 e. The Kier molecular flexibility index (Phi) is 3.76. The average Bonchev–Trinajstić information content (AvgIpc) is 2.39. The molecule has 0 aromatic heterocycles. The highest BCUT2D eigenvalue weighted by molar-refractivity contribution is 6.09. The van der Waals surface area contributed by atoms with Crippen molar-refractivity contribution >= 4 is 17.4 Å². The number of rotatable bonds is 3. The van der Waals surface area contributed by atoms with E-state index >= 15 is 0 Å². The Labute approximate surface area is 112 Å². The van der Waals surface area contributed by atoms with Crippen LogP contribution in [0.3, 0.4) is 0 Å². The molecule has 0 aliphatic rings. The molecule has 0 spiro atoms. The number of carbonyl (C=O) groups excluding carboxylic acids is 2. The summed E-state index contributed by atoms with van der Waals surface area (Å²) in [6.45, 7) is 3.41. The van der Waals surface area contributed by atoms with Crippen LogP contribution in [0.4, 0.5) is 5.69 Å². The fourth-order valence-corrected chi connectivity index (χ4v) is 1.88. The summed E-state index contributed by atoms with van der Waals surface area (Å²) in [5.74, 6) is -0.280. The van der Waals surface area contributed by atoms with Crippen LogP contribution in [0.1, 0.15) is 33.2 Å². The Balaban J connectivity index is 2.27. The number of Topliss-reactive ketones (excluding diaryl/α,β-unsaturated/α-hetero) is 1. The standard InChI is InChI=1S/C16H15NO2/c1-11-6-5-7-13(10-11)16(19)17-15-9-4-3-8-14(15)12(2)18/h3-10H,1-2H3,(H,17,19). The molecule has 2 aromatic rings. The van der Waals surface area contributed by atoms with Crippen LogP contribution in [-0.2, 0) is 0 Å². The third-order valence-corrected chi connectivity index (χ3v) is 2.83. The molecule has 1 amide bonds. The van der Waals surface area contributed by atoms with Crippen LogP contribution in [0.15, 0.2) is 48.5 Å². The molecular weight excluding hydrogens is 238 g/mol. The van der Waals surface area contributed by atoms with E-state index < -0.39 is 0 Å². The van der Waals surface area contributed by atoms with Crippen molar-refractivity contribution < 1.29 is 9.59 Å². The van der Waals surface area contributed by atoms with Crippen LogP contribution in [-0.4, -0.2) is 11.7 Å². The molecule has 0 atom stereocenters. The van der Waals surface area contributed by atoms with E-state index in [9.17, 15) is 9.59 Å². The van der Waals surface area contributed by atoms with Crippen LogP contribution in [0.5, 0.6) is 0 Å². The van der Waals surface area contributed by atoms with E-state index in [1.54, 1.807) is 30.3 Å². The molecule has 1 N–H and O–H groups in total. The van der Waals surface area contributed by atoms with Gasteiger partial charge >= 0.3 is 0 Å². The van der Waals surface area contributed by atoms with Gasteiger partial charge in [-0.3, -0.25) is 9.59 Å². The van der Waals surface area contributed by atoms with Gasteiger partial charge in [-0.1, -0.05) is 29.8 Å². The minimum absolute atomic E-state index is 0.0693. The van der Waals surface area contributed by atoms with Gasteiger partial charge in [0.15, 0.2) is 5.78 Å². The molecular formula is C16H15NO2. The van der Waals surface area contributed by atoms with Crippen molar-refractivity contribution in [3.63, 3.8) is 0 Å². The lowest BCUT2D eigenvalue weighted by Gasteiger charge is -2.09. The molecule has 0 aliphatic heterocycles. The molecule has 96 valence electrons. The molecule has 0 heterocycles. The SMILES string of the molecule is CC(=O)c1ccccc1NC(=O)c1cccc(C)c1. The number of hydrogen-bond acceptors (Lipinski definition) is 2. The Morgan fingerprint density at radius 2 is 1.74 bits per heavy atom. The first kappa shape index (κ1) is 13.0. The number of amides is 1. The number of aryl methyl sites for hydroxylation is 1. The molecule has 2 aromatic carbocycles. The van der Waals surface area contributed by atoms with E-state index in [1.165, 1.54) is 6.92 Å². The third kappa shape index (κ3) is 3.07. The van der Waals surface area contributed by atoms with Gasteiger partial charge in [-0.25, -0.2) is 0 Å². The first-order valence-electron chi connectivity index (χ1n) is 6.06. The van der Waals surface area contributed by atoms with E-state index in [2.05, 4.69) is 5.32 Å². The lowest BCUT2D eigenvalue weighted by Crippen LogP contribution is -2.14. The summed E-state index contributed by atoms with van der Waals surface area (Å²) in [4.78, 5) is 23.6. The Hall–Kier alpha value is -2.42. The van der Waals surface area contributed by atoms with Crippen LogP contribution < -0.4 is 5.32 Å². The zero-order chi connectivity index (χ0) is 13.8. The van der Waals surface area contributed by atoms with Crippen molar-refractivity contribution in [1.29, 1.82) is 0 Å². The molecule has 0 saturated heterocycles. The number of anilines is 1. The summed E-state index contributed by atoms with van der Waals surface area (Å²) in [5, 5.41) is 2.78. The minimum Gasteiger partial charge on any atom is -0.321 e. The second-order valence-electron chi connectivity index (χ2n) is 4.43. The molecule has 3 nitrogen and oxygen atoms in total. The largest absolute Gasteiger partial charge is 0.321 e. The van der Waals surface area contributed by atoms with Gasteiger partial charge in [-0.2, -0.15) is 0 Å². The molecule has 0 radical (unpaired) electrons. The van der Waals surface area contributed by atoms with Gasteiger partial charge in [0, 0.05) is 11.1 Å². The fourth-order valence-electron chi connectivity index (χ4n) is 1.88. The fraction of sp³-hybridized carbons (Fsp3) is 0.125. The van der Waals surface area contributed by atoms with Crippen molar-refractivity contribution in [1.82, 2.24) is 0 Å². The second-order valence-corrected chi connectivity index (χ2v) is 4.43. The summed E-state index contributed by atoms with van der Waals surface area (Å²) < 4.78 is 0. The zero-order valence-electron chi connectivity index (χ0n) is 10.9. The second kappa shape index (κ2) is 5.48. The van der Waals surface area contributed by atoms with Crippen LogP contribution in [0.25, 0.3) is 0 Å². The van der Waals surface area contributed by atoms with E-state index in [0.717, 1.165) is 5.56 Å². The van der Waals surface area contributed by atoms with Crippen molar-refractivity contribution in [2.45, 2.75) is 13.8 Å². The molecule has 2 rings (SSSR count). The van der Waals surface area contributed by atoms with Gasteiger partial charge in [0.1, 0.15) is 0 Å². The van der Waals surface area contributed by atoms with Gasteiger partial charge in [-0.15, -0.1) is 0 Å². The quantitative estimate of drug-likeness (QED) is 0.851. The number of para-hydroxylation sites is 1. The lowest BCUT2D eigenvalue weighted by atomic mass is 10.1. The number of nitrogens with one attached hydrogen (secondary N) is 1. The normalized spacial score (nSPS) is 10.0. The number of hydrogen-bond donors (Lipinski definition) is 1. The highest BCUT2D eigenvalue weighted by atomic mass is 16.1. The highest BCUT2D eigenvalue weighted by Crippen LogP contribution is 2.17. The van der Waals surface area contributed by atoms with E-state index in [-0.39, 0.29) is 11.7 Å². The summed E-state index contributed by atoms with van der Waals surface area (Å²) in [7, 11) is 0. The van der Waals surface area contributed by atoms with E-state index in [4.69, 9.17) is 0 Å². The monoisotopic (exact) mass is 253 g/mol. The van der Waals surface area contributed by atoms with Gasteiger partial charge in [0.2, 0.25) is 0 Å². The van der Waals surface area contributed by atoms with Gasteiger partial charge in [-0.05, 0) is 38.1 Å². The molecule has 19 heavy (non-hydrogen) atoms. The van der Waals surface area contributed by atoms with E-state index in [0.29, 0.717) is 16.8 Å². The van der Waals surface area contributed by atoms with Crippen LogP contribution in [0, 0.1) is 6.92 Å². The summed E-state index contributed by atoms with van der Waals surface area (Å²) in [6, 6.07) is 14.3. The van der Waals surface area contributed by atoms with Crippen molar-refractivity contribution in [3.8, 4) is 0 Å². The molecule has 3 heteroatoms. The maximum atomic E-state index is 12.1. The van der Waals surface area contributed by atoms with Crippen molar-refractivity contribution in [2.75, 3.05) is 5.32 Å². The topological polar surface area (TPSA) is 46.2 Å². The van der Waals surface area contributed by atoms with Crippen LogP contribution >= 0.6 is 0 Å². The van der Waals surface area contributed by atoms with Gasteiger partial charge in [0.25, 0.3) is 5.91 Å². The zero-order valence-corrected chi connectivity index (χ0v) is 10.9. The maximum absolute atomic E-state index is 12.1. The first-order valence-corrected chi connectivity index (χ1v) is 6.06. The smallest absolute Gasteiger partial charge is 0.255 e. The number of carbonyl (C=O) groups is 2. The minimum atomic E-state index is -0.211. The Morgan fingerprint density at radius 1 is 1.00 bits per heavy atom. The Morgan fingerprint density at radius 3 is 2.42 bits per heavy atom. The summed E-state index contributed by atoms with van der Waals surface area (Å²) in [6.07, 6.45) is 0. The lowest BCUT2D eigenvalue weighted by molar-refractivity contribution is 0.101. The van der Waals surface area contributed by atoms with Crippen molar-refractivity contribution in [2.24, 2.45) is 0 Å². The van der Waals surface area contributed by atoms with Crippen molar-refractivity contribution in [3.05, 3.63) is 65.2 Å². The predicted octanol–water partition coefficient (Wildman–Crippen LogP) is 3.45. The molecule has 0 bridgehead atoms. The molecule has 0 unspecified atom stereocenters. The van der Waals surface area contributed by atoms with Crippen LogP contribution in [0.2, 0.25) is 0 Å². The summed E-state index contributed by atoms with van der Waals surface area (Å²) >= 11 is 0. The van der Waals surface area contributed by atoms with Gasteiger partial charge < -0.3 is 5.32 Å². The number of benzene rings is 2. The molecule has 0 aliphatic carbocycles. The third-order valence-electron chi connectivity index (χ3n) is 2.83. The Bertz CT molecular complexity index is 632.